The first-order valence-electron chi connectivity index (χ1n) is 4.55. The van der Waals surface area contributed by atoms with E-state index in [9.17, 15) is 4.79 Å². The highest BCUT2D eigenvalue weighted by atomic mass is 16.6. The van der Waals surface area contributed by atoms with Crippen LogP contribution in [0.25, 0.3) is 0 Å². The molecule has 3 aliphatic rings. The van der Waals surface area contributed by atoms with Crippen molar-refractivity contribution < 1.29 is 9.53 Å². The molecule has 0 N–H and O–H groups in total. The first-order chi connectivity index (χ1) is 6.31. The van der Waals surface area contributed by atoms with Gasteiger partial charge in [-0.15, -0.1) is 0 Å². The second-order valence-electron chi connectivity index (χ2n) is 3.85. The number of esters is 1. The van der Waals surface area contributed by atoms with Crippen LogP contribution in [0.2, 0.25) is 0 Å². The van der Waals surface area contributed by atoms with Crippen molar-refractivity contribution in [2.24, 2.45) is 11.3 Å². The standard InChI is InChI=1S/C11H10O2/c12-10-7-11-6-2-1-3-8(11)4-5-9(11)13-10/h1-6,8-9H,7H2. The number of ether oxygens (including phenoxy) is 1. The third-order valence-electron chi connectivity index (χ3n) is 3.19. The normalized spacial score (nSPS) is 44.8. The van der Waals surface area contributed by atoms with Crippen molar-refractivity contribution in [1.82, 2.24) is 0 Å². The molecule has 0 radical (unpaired) electrons. The van der Waals surface area contributed by atoms with Gasteiger partial charge in [-0.1, -0.05) is 30.4 Å². The second kappa shape index (κ2) is 2.13. The van der Waals surface area contributed by atoms with Gasteiger partial charge in [0.05, 0.1) is 6.42 Å². The van der Waals surface area contributed by atoms with E-state index in [1.54, 1.807) is 0 Å². The number of rotatable bonds is 0. The van der Waals surface area contributed by atoms with Crippen LogP contribution in [-0.4, -0.2) is 12.1 Å². The van der Waals surface area contributed by atoms with Crippen molar-refractivity contribution in [3.05, 3.63) is 36.5 Å². The van der Waals surface area contributed by atoms with Crippen molar-refractivity contribution in [3.63, 3.8) is 0 Å². The van der Waals surface area contributed by atoms with Gasteiger partial charge in [0.25, 0.3) is 0 Å². The number of allylic oxidation sites excluding steroid dienone is 4. The van der Waals surface area contributed by atoms with Gasteiger partial charge in [0.15, 0.2) is 0 Å². The first kappa shape index (κ1) is 7.13. The van der Waals surface area contributed by atoms with Crippen LogP contribution >= 0.6 is 0 Å². The molecule has 2 nitrogen and oxygen atoms in total. The Morgan fingerprint density at radius 3 is 3.15 bits per heavy atom. The zero-order valence-electron chi connectivity index (χ0n) is 7.14. The lowest BCUT2D eigenvalue weighted by Crippen LogP contribution is -2.30. The Morgan fingerprint density at radius 2 is 2.23 bits per heavy atom. The maximum Gasteiger partial charge on any atom is 0.307 e. The van der Waals surface area contributed by atoms with E-state index in [0.717, 1.165) is 0 Å². The van der Waals surface area contributed by atoms with Crippen molar-refractivity contribution in [2.75, 3.05) is 0 Å². The maximum absolute atomic E-state index is 11.2. The molecule has 0 amide bonds. The minimum atomic E-state index is -0.0775. The summed E-state index contributed by atoms with van der Waals surface area (Å²) in [5.41, 5.74) is -0.0775. The molecule has 3 atom stereocenters. The number of carbonyl (C=O) groups excluding carboxylic acids is 1. The summed E-state index contributed by atoms with van der Waals surface area (Å²) in [6.07, 6.45) is 12.9. The van der Waals surface area contributed by atoms with Crippen LogP contribution in [-0.2, 0) is 9.53 Å². The molecule has 0 aromatic rings. The summed E-state index contributed by atoms with van der Waals surface area (Å²) in [4.78, 5) is 11.2. The van der Waals surface area contributed by atoms with E-state index in [4.69, 9.17) is 4.74 Å². The van der Waals surface area contributed by atoms with Crippen LogP contribution in [0.4, 0.5) is 0 Å². The molecule has 66 valence electrons. The lowest BCUT2D eigenvalue weighted by Gasteiger charge is -2.29. The summed E-state index contributed by atoms with van der Waals surface area (Å²) < 4.78 is 5.23. The lowest BCUT2D eigenvalue weighted by atomic mass is 9.72. The summed E-state index contributed by atoms with van der Waals surface area (Å²) in [5.74, 6) is 0.285. The van der Waals surface area contributed by atoms with Crippen LogP contribution in [0.3, 0.4) is 0 Å². The molecule has 13 heavy (non-hydrogen) atoms. The third-order valence-corrected chi connectivity index (χ3v) is 3.19. The van der Waals surface area contributed by atoms with Gasteiger partial charge in [-0.3, -0.25) is 4.79 Å². The van der Waals surface area contributed by atoms with Gasteiger partial charge >= 0.3 is 5.97 Å². The number of hydrogen-bond acceptors (Lipinski definition) is 2. The van der Waals surface area contributed by atoms with E-state index in [1.807, 2.05) is 18.2 Å². The van der Waals surface area contributed by atoms with Crippen LogP contribution in [0.5, 0.6) is 0 Å². The van der Waals surface area contributed by atoms with E-state index in [1.165, 1.54) is 0 Å². The number of hydrogen-bond donors (Lipinski definition) is 0. The Hall–Kier alpha value is -1.31. The average Bonchev–Trinajstić information content (AvgIpc) is 2.57. The molecule has 3 rings (SSSR count). The fraction of sp³-hybridized carbons (Fsp3) is 0.364. The van der Waals surface area contributed by atoms with Crippen molar-refractivity contribution in [3.8, 4) is 0 Å². The monoisotopic (exact) mass is 174 g/mol. The molecule has 0 bridgehead atoms. The highest BCUT2D eigenvalue weighted by Crippen LogP contribution is 2.50. The zero-order chi connectivity index (χ0) is 8.89. The maximum atomic E-state index is 11.2. The Labute approximate surface area is 76.6 Å². The number of carbonyl (C=O) groups is 1. The minimum absolute atomic E-state index is 0.0220. The van der Waals surface area contributed by atoms with Gasteiger partial charge in [0, 0.05) is 11.3 Å². The van der Waals surface area contributed by atoms with Gasteiger partial charge in [0.2, 0.25) is 0 Å². The molecule has 2 aliphatic carbocycles. The summed E-state index contributed by atoms with van der Waals surface area (Å²) >= 11 is 0. The quantitative estimate of drug-likeness (QED) is 0.412. The van der Waals surface area contributed by atoms with E-state index in [0.29, 0.717) is 12.3 Å². The smallest absolute Gasteiger partial charge is 0.307 e. The second-order valence-corrected chi connectivity index (χ2v) is 3.85. The van der Waals surface area contributed by atoms with Crippen LogP contribution in [0.15, 0.2) is 36.5 Å². The molecule has 1 aliphatic heterocycles. The zero-order valence-corrected chi connectivity index (χ0v) is 7.14. The lowest BCUT2D eigenvalue weighted by molar-refractivity contribution is -0.140. The molecule has 1 saturated heterocycles. The summed E-state index contributed by atoms with van der Waals surface area (Å²) in [5, 5.41) is 0. The van der Waals surface area contributed by atoms with E-state index in [2.05, 4.69) is 18.2 Å². The van der Waals surface area contributed by atoms with E-state index < -0.39 is 0 Å². The Balaban J connectivity index is 2.09. The molecule has 0 saturated carbocycles. The molecule has 1 spiro atoms. The fourth-order valence-electron chi connectivity index (χ4n) is 2.50. The van der Waals surface area contributed by atoms with Crippen molar-refractivity contribution in [2.45, 2.75) is 12.5 Å². The first-order valence-corrected chi connectivity index (χ1v) is 4.55. The van der Waals surface area contributed by atoms with E-state index >= 15 is 0 Å². The van der Waals surface area contributed by atoms with Crippen LogP contribution < -0.4 is 0 Å². The van der Waals surface area contributed by atoms with Gasteiger partial charge in [0.1, 0.15) is 6.10 Å². The molecule has 1 heterocycles. The summed E-state index contributed by atoms with van der Waals surface area (Å²) in [6, 6.07) is 0. The molecule has 1 fully saturated rings. The highest BCUT2D eigenvalue weighted by molar-refractivity contribution is 5.75. The fourth-order valence-corrected chi connectivity index (χ4v) is 2.50. The molecule has 2 heteroatoms. The summed E-state index contributed by atoms with van der Waals surface area (Å²) in [7, 11) is 0. The Morgan fingerprint density at radius 1 is 1.31 bits per heavy atom. The Bertz CT molecular complexity index is 351. The van der Waals surface area contributed by atoms with Crippen molar-refractivity contribution in [1.29, 1.82) is 0 Å². The molecular formula is C11H10O2. The largest absolute Gasteiger partial charge is 0.457 e. The molecular weight excluding hydrogens is 164 g/mol. The third kappa shape index (κ3) is 0.755. The predicted octanol–water partition coefficient (Wildman–Crippen LogP) is 1.60. The molecule has 0 aromatic heterocycles. The topological polar surface area (TPSA) is 26.3 Å². The predicted molar refractivity (Wildman–Crippen MR) is 47.8 cm³/mol. The molecule has 3 unspecified atom stereocenters. The Kier molecular flexibility index (Phi) is 1.17. The van der Waals surface area contributed by atoms with Crippen LogP contribution in [0.1, 0.15) is 6.42 Å². The van der Waals surface area contributed by atoms with Gasteiger partial charge in [-0.05, 0) is 6.08 Å². The SMILES string of the molecule is O=C1CC23C=CC=CC2C=CC3O1. The summed E-state index contributed by atoms with van der Waals surface area (Å²) in [6.45, 7) is 0. The average molecular weight is 174 g/mol. The molecule has 0 aromatic carbocycles. The van der Waals surface area contributed by atoms with E-state index in [-0.39, 0.29) is 17.5 Å². The van der Waals surface area contributed by atoms with Crippen LogP contribution in [0, 0.1) is 11.3 Å². The van der Waals surface area contributed by atoms with Crippen molar-refractivity contribution >= 4 is 5.97 Å². The van der Waals surface area contributed by atoms with Gasteiger partial charge < -0.3 is 4.74 Å². The highest BCUT2D eigenvalue weighted by Gasteiger charge is 2.53. The minimum Gasteiger partial charge on any atom is -0.457 e. The van der Waals surface area contributed by atoms with Gasteiger partial charge in [-0.25, -0.2) is 0 Å². The van der Waals surface area contributed by atoms with Gasteiger partial charge in [-0.2, -0.15) is 0 Å².